The highest BCUT2D eigenvalue weighted by atomic mass is 16.5. The van der Waals surface area contributed by atoms with Crippen LogP contribution in [-0.2, 0) is 13.0 Å². The van der Waals surface area contributed by atoms with Gasteiger partial charge in [-0.05, 0) is 54.2 Å². The first-order valence-electron chi connectivity index (χ1n) is 10.6. The normalized spacial score (nSPS) is 14.9. The Labute approximate surface area is 183 Å². The van der Waals surface area contributed by atoms with Crippen LogP contribution in [0.2, 0.25) is 0 Å². The number of ether oxygens (including phenoxy) is 1. The lowest BCUT2D eigenvalue weighted by Crippen LogP contribution is -2.07. The fraction of sp³-hybridized carbons (Fsp3) is 0.280. The van der Waals surface area contributed by atoms with E-state index in [9.17, 15) is 0 Å². The van der Waals surface area contributed by atoms with Crippen LogP contribution < -0.4 is 21.1 Å². The van der Waals surface area contributed by atoms with Gasteiger partial charge in [-0.2, -0.15) is 0 Å². The average molecular weight is 416 g/mol. The fourth-order valence-corrected chi connectivity index (χ4v) is 3.82. The number of pyridine rings is 1. The highest BCUT2D eigenvalue weighted by molar-refractivity contribution is 5.86. The number of fused-ring (bicyclic) bond motifs is 1. The maximum atomic E-state index is 5.95. The summed E-state index contributed by atoms with van der Waals surface area (Å²) in [6.45, 7) is 6.95. The average Bonchev–Trinajstić information content (AvgIpc) is 3.47. The molecular weight excluding hydrogens is 386 g/mol. The van der Waals surface area contributed by atoms with Crippen LogP contribution in [0.4, 0.5) is 5.82 Å². The molecule has 31 heavy (non-hydrogen) atoms. The first-order valence-corrected chi connectivity index (χ1v) is 10.6. The highest BCUT2D eigenvalue weighted by Gasteiger charge is 2.22. The Balaban J connectivity index is 1.52. The Morgan fingerprint density at radius 2 is 2.16 bits per heavy atom. The van der Waals surface area contributed by atoms with E-state index in [1.807, 2.05) is 26.2 Å². The van der Waals surface area contributed by atoms with Gasteiger partial charge in [0, 0.05) is 49.2 Å². The molecule has 160 valence electrons. The highest BCUT2D eigenvalue weighted by Crippen LogP contribution is 2.37. The molecule has 6 nitrogen and oxygen atoms in total. The molecule has 0 unspecified atom stereocenters. The van der Waals surface area contributed by atoms with Gasteiger partial charge in [0.1, 0.15) is 17.4 Å². The minimum absolute atomic E-state index is 0.280. The van der Waals surface area contributed by atoms with Crippen LogP contribution in [0, 0.1) is 0 Å². The summed E-state index contributed by atoms with van der Waals surface area (Å²) in [5.74, 6) is 2.06. The van der Waals surface area contributed by atoms with Crippen molar-refractivity contribution < 1.29 is 4.74 Å². The summed E-state index contributed by atoms with van der Waals surface area (Å²) in [5, 5.41) is 6.87. The number of hydrogen-bond acceptors (Lipinski definition) is 6. The van der Waals surface area contributed by atoms with Crippen molar-refractivity contribution in [2.45, 2.75) is 32.7 Å². The molecular formula is C25H29N5O. The van der Waals surface area contributed by atoms with Crippen molar-refractivity contribution >= 4 is 23.3 Å². The lowest BCUT2D eigenvalue weighted by molar-refractivity contribution is 0.356. The number of hydrogen-bond donors (Lipinski definition) is 3. The molecule has 2 aliphatic rings. The topological polar surface area (TPSA) is 84.6 Å². The summed E-state index contributed by atoms with van der Waals surface area (Å²) in [6.07, 6.45) is 8.63. The van der Waals surface area contributed by atoms with E-state index in [1.165, 1.54) is 35.2 Å². The summed E-state index contributed by atoms with van der Waals surface area (Å²) < 4.78 is 5.95. The zero-order chi connectivity index (χ0) is 21.8. The van der Waals surface area contributed by atoms with E-state index in [2.05, 4.69) is 46.5 Å². The molecule has 0 amide bonds. The van der Waals surface area contributed by atoms with Gasteiger partial charge < -0.3 is 21.1 Å². The van der Waals surface area contributed by atoms with Gasteiger partial charge in [-0.1, -0.05) is 24.8 Å². The van der Waals surface area contributed by atoms with Crippen LogP contribution in [0.5, 0.6) is 5.75 Å². The number of allylic oxidation sites excluding steroid dienone is 3. The van der Waals surface area contributed by atoms with Crippen molar-refractivity contribution in [2.24, 2.45) is 10.7 Å². The quantitative estimate of drug-likeness (QED) is 0.561. The van der Waals surface area contributed by atoms with Gasteiger partial charge in [0.25, 0.3) is 0 Å². The Hall–Kier alpha value is -3.54. The van der Waals surface area contributed by atoms with Gasteiger partial charge in [-0.3, -0.25) is 0 Å². The fourth-order valence-electron chi connectivity index (χ4n) is 3.82. The van der Waals surface area contributed by atoms with Gasteiger partial charge in [-0.15, -0.1) is 0 Å². The van der Waals surface area contributed by atoms with Crippen LogP contribution in [0.1, 0.15) is 42.0 Å². The molecule has 1 fully saturated rings. The predicted molar refractivity (Wildman–Crippen MR) is 128 cm³/mol. The zero-order valence-corrected chi connectivity index (χ0v) is 18.2. The standard InChI is InChI=1S/C25H29N5O/c1-16(9-11-28-17(2)26)22-15-30-25(21-10-12-31-24(21)22)29-14-18-5-4-6-20(13-18)23(27-3)19-7-8-19/h4-6,9,11,13,15,27H,2,7-8,10,12,14,26H2,1,3H3,(H,29,30)/b16-9+,28-11-. The number of rotatable bonds is 8. The van der Waals surface area contributed by atoms with Crippen molar-refractivity contribution in [3.8, 4) is 5.75 Å². The van der Waals surface area contributed by atoms with Crippen molar-refractivity contribution in [1.82, 2.24) is 10.3 Å². The van der Waals surface area contributed by atoms with Gasteiger partial charge in [0.2, 0.25) is 0 Å². The summed E-state index contributed by atoms with van der Waals surface area (Å²) in [5.41, 5.74) is 13.8. The largest absolute Gasteiger partial charge is 0.492 e. The first-order chi connectivity index (χ1) is 15.1. The molecule has 2 heterocycles. The molecule has 4 rings (SSSR count). The number of anilines is 1. The minimum Gasteiger partial charge on any atom is -0.492 e. The monoisotopic (exact) mass is 415 g/mol. The minimum atomic E-state index is 0.280. The molecule has 0 spiro atoms. The summed E-state index contributed by atoms with van der Waals surface area (Å²) in [7, 11) is 2.00. The van der Waals surface area contributed by atoms with E-state index in [0.717, 1.165) is 34.7 Å². The molecule has 1 aromatic carbocycles. The van der Waals surface area contributed by atoms with Crippen molar-refractivity contribution in [3.05, 3.63) is 76.8 Å². The molecule has 1 aliphatic carbocycles. The van der Waals surface area contributed by atoms with E-state index in [4.69, 9.17) is 15.5 Å². The molecule has 0 saturated heterocycles. The second-order valence-electron chi connectivity index (χ2n) is 7.83. The van der Waals surface area contributed by atoms with Crippen LogP contribution in [0.3, 0.4) is 0 Å². The van der Waals surface area contributed by atoms with Crippen molar-refractivity contribution in [1.29, 1.82) is 0 Å². The van der Waals surface area contributed by atoms with E-state index in [1.54, 1.807) is 6.21 Å². The van der Waals surface area contributed by atoms with Crippen LogP contribution in [0.15, 0.2) is 59.5 Å². The molecule has 2 aromatic rings. The second-order valence-corrected chi connectivity index (χ2v) is 7.83. The van der Waals surface area contributed by atoms with E-state index >= 15 is 0 Å². The zero-order valence-electron chi connectivity index (χ0n) is 18.2. The van der Waals surface area contributed by atoms with Crippen LogP contribution in [-0.4, -0.2) is 24.9 Å². The van der Waals surface area contributed by atoms with E-state index < -0.39 is 0 Å². The third-order valence-electron chi connectivity index (χ3n) is 5.49. The molecule has 1 saturated carbocycles. The number of aliphatic imine (C=N–C) groups is 1. The summed E-state index contributed by atoms with van der Waals surface area (Å²) in [4.78, 5) is 8.71. The third-order valence-corrected chi connectivity index (χ3v) is 5.49. The third kappa shape index (κ3) is 4.79. The number of nitrogens with one attached hydrogen (secondary N) is 2. The van der Waals surface area contributed by atoms with Gasteiger partial charge in [0.05, 0.1) is 6.61 Å². The number of aromatic nitrogens is 1. The Kier molecular flexibility index (Phi) is 6.07. The predicted octanol–water partition coefficient (Wildman–Crippen LogP) is 4.26. The SMILES string of the molecule is C=C(N)/N=C\C=C(/C)c1cnc(NCc2cccc(C(NC)=C3CC3)c2)c2c1OCC2. The first kappa shape index (κ1) is 20.7. The smallest absolute Gasteiger partial charge is 0.135 e. The Morgan fingerprint density at radius 1 is 1.32 bits per heavy atom. The van der Waals surface area contributed by atoms with E-state index in [0.29, 0.717) is 13.2 Å². The molecule has 1 aliphatic heterocycles. The van der Waals surface area contributed by atoms with Crippen LogP contribution in [0.25, 0.3) is 11.3 Å². The summed E-state index contributed by atoms with van der Waals surface area (Å²) in [6, 6.07) is 8.66. The van der Waals surface area contributed by atoms with Gasteiger partial charge >= 0.3 is 0 Å². The molecule has 4 N–H and O–H groups in total. The van der Waals surface area contributed by atoms with Crippen LogP contribution >= 0.6 is 0 Å². The molecule has 0 bridgehead atoms. The number of nitrogens with zero attached hydrogens (tertiary/aromatic N) is 2. The second kappa shape index (κ2) is 9.08. The van der Waals surface area contributed by atoms with Gasteiger partial charge in [-0.25, -0.2) is 9.98 Å². The lowest BCUT2D eigenvalue weighted by atomic mass is 10.0. The summed E-state index contributed by atoms with van der Waals surface area (Å²) >= 11 is 0. The Morgan fingerprint density at radius 3 is 2.90 bits per heavy atom. The molecule has 0 radical (unpaired) electrons. The van der Waals surface area contributed by atoms with Crippen molar-refractivity contribution in [3.63, 3.8) is 0 Å². The molecule has 1 aromatic heterocycles. The maximum Gasteiger partial charge on any atom is 0.135 e. The molecule has 6 heteroatoms. The number of benzene rings is 1. The maximum absolute atomic E-state index is 5.95. The van der Waals surface area contributed by atoms with Gasteiger partial charge in [0.15, 0.2) is 0 Å². The number of nitrogens with two attached hydrogens (primary N) is 1. The van der Waals surface area contributed by atoms with E-state index in [-0.39, 0.29) is 5.82 Å². The lowest BCUT2D eigenvalue weighted by Gasteiger charge is -2.14. The van der Waals surface area contributed by atoms with Crippen molar-refractivity contribution in [2.75, 3.05) is 19.0 Å². The molecule has 0 atom stereocenters. The Bertz CT molecular complexity index is 1090.